The summed E-state index contributed by atoms with van der Waals surface area (Å²) in [7, 11) is 0. The van der Waals surface area contributed by atoms with E-state index in [1.54, 1.807) is 23.6 Å². The Bertz CT molecular complexity index is 610. The number of nitrogens with two attached hydrogens (primary N) is 1. The largest absolute Gasteiger partial charge is 0.322 e. The number of thiazole rings is 1. The van der Waals surface area contributed by atoms with E-state index < -0.39 is 0 Å². The molecule has 3 N–H and O–H groups in total. The predicted octanol–water partition coefficient (Wildman–Crippen LogP) is 3.38. The maximum atomic E-state index is 12.1. The van der Waals surface area contributed by atoms with Crippen LogP contribution < -0.4 is 11.1 Å². The summed E-state index contributed by atoms with van der Waals surface area (Å²) in [4.78, 5) is 16.3. The number of nitrogens with zero attached hydrogens (tertiary/aromatic N) is 1. The van der Waals surface area contributed by atoms with E-state index in [-0.39, 0.29) is 11.9 Å². The van der Waals surface area contributed by atoms with Crippen molar-refractivity contribution in [3.63, 3.8) is 0 Å². The van der Waals surface area contributed by atoms with Gasteiger partial charge in [-0.3, -0.25) is 4.79 Å². The van der Waals surface area contributed by atoms with Gasteiger partial charge in [-0.1, -0.05) is 17.7 Å². The fraction of sp³-hybridized carbons (Fsp3) is 0.231. The molecule has 100 valence electrons. The lowest BCUT2D eigenvalue weighted by atomic mass is 10.2. The monoisotopic (exact) mass is 295 g/mol. The maximum Gasteiger partial charge on any atom is 0.275 e. The third kappa shape index (κ3) is 3.12. The molecule has 6 heteroatoms. The summed E-state index contributed by atoms with van der Waals surface area (Å²) in [5.74, 6) is -0.256. The first kappa shape index (κ1) is 14.0. The number of aromatic nitrogens is 1. The minimum Gasteiger partial charge on any atom is -0.322 e. The van der Waals surface area contributed by atoms with E-state index in [2.05, 4.69) is 10.3 Å². The maximum absolute atomic E-state index is 12.1. The Balaban J connectivity index is 2.18. The Kier molecular flexibility index (Phi) is 4.19. The molecule has 0 fully saturated rings. The molecule has 2 rings (SSSR count). The van der Waals surface area contributed by atoms with Gasteiger partial charge >= 0.3 is 0 Å². The number of rotatable bonds is 3. The Labute approximate surface area is 120 Å². The van der Waals surface area contributed by atoms with Gasteiger partial charge in [0.1, 0.15) is 10.7 Å². The number of hydrogen-bond donors (Lipinski definition) is 2. The van der Waals surface area contributed by atoms with Gasteiger partial charge in [0, 0.05) is 16.1 Å². The zero-order chi connectivity index (χ0) is 14.0. The number of amides is 1. The summed E-state index contributed by atoms with van der Waals surface area (Å²) in [5.41, 5.74) is 7.62. The van der Waals surface area contributed by atoms with Crippen LogP contribution in [0.25, 0.3) is 0 Å². The lowest BCUT2D eigenvalue weighted by Crippen LogP contribution is -2.14. The van der Waals surface area contributed by atoms with Gasteiger partial charge in [-0.2, -0.15) is 0 Å². The number of carbonyl (C=O) groups excluding carboxylic acids is 1. The quantitative estimate of drug-likeness (QED) is 0.912. The van der Waals surface area contributed by atoms with Crippen LogP contribution in [-0.4, -0.2) is 10.9 Å². The van der Waals surface area contributed by atoms with E-state index in [4.69, 9.17) is 17.3 Å². The van der Waals surface area contributed by atoms with Crippen molar-refractivity contribution < 1.29 is 4.79 Å². The summed E-state index contributed by atoms with van der Waals surface area (Å²) in [6, 6.07) is 5.21. The van der Waals surface area contributed by atoms with Crippen LogP contribution in [0.4, 0.5) is 5.69 Å². The molecule has 4 nitrogen and oxygen atoms in total. The number of benzene rings is 1. The van der Waals surface area contributed by atoms with Gasteiger partial charge in [0.15, 0.2) is 0 Å². The molecule has 19 heavy (non-hydrogen) atoms. The zero-order valence-electron chi connectivity index (χ0n) is 10.6. The highest BCUT2D eigenvalue weighted by molar-refractivity contribution is 7.09. The summed E-state index contributed by atoms with van der Waals surface area (Å²) in [5, 5.41) is 5.86. The van der Waals surface area contributed by atoms with Crippen molar-refractivity contribution in [1.29, 1.82) is 0 Å². The first-order valence-electron chi connectivity index (χ1n) is 5.76. The number of halogens is 1. The van der Waals surface area contributed by atoms with E-state index >= 15 is 0 Å². The SMILES string of the molecule is Cc1c(Cl)cccc1NC(=O)c1csc(C(C)N)n1. The molecular weight excluding hydrogens is 282 g/mol. The molecule has 0 saturated carbocycles. The van der Waals surface area contributed by atoms with E-state index in [0.29, 0.717) is 16.4 Å². The molecule has 1 aromatic carbocycles. The predicted molar refractivity (Wildman–Crippen MR) is 78.9 cm³/mol. The van der Waals surface area contributed by atoms with Crippen LogP contribution in [0.1, 0.15) is 34.0 Å². The van der Waals surface area contributed by atoms with Gasteiger partial charge in [0.25, 0.3) is 5.91 Å². The van der Waals surface area contributed by atoms with Gasteiger partial charge in [0.2, 0.25) is 0 Å². The molecule has 2 aromatic rings. The molecule has 0 aliphatic rings. The third-order valence-corrected chi connectivity index (χ3v) is 4.12. The van der Waals surface area contributed by atoms with Gasteiger partial charge in [-0.25, -0.2) is 4.98 Å². The van der Waals surface area contributed by atoms with Crippen molar-refractivity contribution in [2.45, 2.75) is 19.9 Å². The Morgan fingerprint density at radius 2 is 2.26 bits per heavy atom. The molecule has 0 radical (unpaired) electrons. The molecule has 1 unspecified atom stereocenters. The topological polar surface area (TPSA) is 68.0 Å². The Hall–Kier alpha value is -1.43. The van der Waals surface area contributed by atoms with Crippen LogP contribution in [0, 0.1) is 6.92 Å². The lowest BCUT2D eigenvalue weighted by molar-refractivity contribution is 0.102. The van der Waals surface area contributed by atoms with Crippen LogP contribution in [-0.2, 0) is 0 Å². The first-order valence-corrected chi connectivity index (χ1v) is 7.02. The highest BCUT2D eigenvalue weighted by Crippen LogP contribution is 2.24. The highest BCUT2D eigenvalue weighted by atomic mass is 35.5. The van der Waals surface area contributed by atoms with Gasteiger partial charge in [-0.05, 0) is 31.5 Å². The number of hydrogen-bond acceptors (Lipinski definition) is 4. The first-order chi connectivity index (χ1) is 8.99. The lowest BCUT2D eigenvalue weighted by Gasteiger charge is -2.08. The molecule has 0 bridgehead atoms. The van der Waals surface area contributed by atoms with E-state index in [0.717, 1.165) is 10.6 Å². The smallest absolute Gasteiger partial charge is 0.275 e. The average Bonchev–Trinajstić information content (AvgIpc) is 2.84. The van der Waals surface area contributed by atoms with E-state index in [9.17, 15) is 4.79 Å². The van der Waals surface area contributed by atoms with Gasteiger partial charge in [-0.15, -0.1) is 11.3 Å². The van der Waals surface area contributed by atoms with E-state index in [1.807, 2.05) is 13.8 Å². The number of anilines is 1. The molecular formula is C13H14ClN3OS. The number of nitrogens with one attached hydrogen (secondary N) is 1. The normalized spacial score (nSPS) is 12.2. The second-order valence-electron chi connectivity index (χ2n) is 4.23. The van der Waals surface area contributed by atoms with Crippen molar-refractivity contribution >= 4 is 34.5 Å². The van der Waals surface area contributed by atoms with Gasteiger partial charge < -0.3 is 11.1 Å². The fourth-order valence-electron chi connectivity index (χ4n) is 1.53. The Morgan fingerprint density at radius 3 is 2.89 bits per heavy atom. The van der Waals surface area contributed by atoms with Crippen LogP contribution in [0.2, 0.25) is 5.02 Å². The van der Waals surface area contributed by atoms with Crippen molar-refractivity contribution in [2.24, 2.45) is 5.73 Å². The summed E-state index contributed by atoms with van der Waals surface area (Å²) >= 11 is 7.39. The van der Waals surface area contributed by atoms with Crippen molar-refractivity contribution in [2.75, 3.05) is 5.32 Å². The third-order valence-electron chi connectivity index (χ3n) is 2.66. The standard InChI is InChI=1S/C13H14ClN3OS/c1-7-9(14)4-3-5-10(7)16-12(18)11-6-19-13(17-11)8(2)15/h3-6,8H,15H2,1-2H3,(H,16,18). The van der Waals surface area contributed by atoms with Crippen LogP contribution in [0.3, 0.4) is 0 Å². The molecule has 1 aromatic heterocycles. The van der Waals surface area contributed by atoms with Crippen LogP contribution in [0.15, 0.2) is 23.6 Å². The van der Waals surface area contributed by atoms with Crippen LogP contribution in [0.5, 0.6) is 0 Å². The molecule has 1 heterocycles. The van der Waals surface area contributed by atoms with Crippen molar-refractivity contribution in [3.05, 3.63) is 44.9 Å². The minimum absolute atomic E-state index is 0.167. The molecule has 1 amide bonds. The highest BCUT2D eigenvalue weighted by Gasteiger charge is 2.14. The molecule has 0 aliphatic heterocycles. The van der Waals surface area contributed by atoms with Crippen molar-refractivity contribution in [1.82, 2.24) is 4.98 Å². The average molecular weight is 296 g/mol. The summed E-state index contributed by atoms with van der Waals surface area (Å²) in [6.07, 6.45) is 0. The Morgan fingerprint density at radius 1 is 1.53 bits per heavy atom. The number of carbonyl (C=O) groups is 1. The zero-order valence-corrected chi connectivity index (χ0v) is 12.2. The second kappa shape index (κ2) is 5.69. The molecule has 0 saturated heterocycles. The fourth-order valence-corrected chi connectivity index (χ4v) is 2.46. The van der Waals surface area contributed by atoms with Crippen molar-refractivity contribution in [3.8, 4) is 0 Å². The minimum atomic E-state index is -0.256. The molecule has 0 spiro atoms. The summed E-state index contributed by atoms with van der Waals surface area (Å²) in [6.45, 7) is 3.69. The molecule has 1 atom stereocenters. The summed E-state index contributed by atoms with van der Waals surface area (Å²) < 4.78 is 0. The van der Waals surface area contributed by atoms with Crippen LogP contribution >= 0.6 is 22.9 Å². The van der Waals surface area contributed by atoms with E-state index in [1.165, 1.54) is 11.3 Å². The molecule has 0 aliphatic carbocycles. The second-order valence-corrected chi connectivity index (χ2v) is 5.52. The van der Waals surface area contributed by atoms with Gasteiger partial charge in [0.05, 0.1) is 6.04 Å².